The molecule has 0 amide bonds. The van der Waals surface area contributed by atoms with E-state index in [-0.39, 0.29) is 6.04 Å². The maximum atomic E-state index is 11.8. The zero-order chi connectivity index (χ0) is 20.0. The molecule has 2 aliphatic heterocycles. The second kappa shape index (κ2) is 7.34. The molecule has 8 heteroatoms. The number of aromatic nitrogens is 2. The third-order valence-electron chi connectivity index (χ3n) is 6.08. The van der Waals surface area contributed by atoms with E-state index in [1.165, 1.54) is 16.0 Å². The first-order valence-electron chi connectivity index (χ1n) is 10.0. The molecule has 1 atom stereocenters. The van der Waals surface area contributed by atoms with Crippen LogP contribution in [-0.2, 0) is 9.84 Å². The van der Waals surface area contributed by atoms with Gasteiger partial charge < -0.3 is 4.90 Å². The van der Waals surface area contributed by atoms with E-state index in [0.29, 0.717) is 11.5 Å². The summed E-state index contributed by atoms with van der Waals surface area (Å²) in [6, 6.07) is 10.6. The van der Waals surface area contributed by atoms with Crippen LogP contribution in [0.5, 0.6) is 0 Å². The third kappa shape index (κ3) is 3.53. The van der Waals surface area contributed by atoms with E-state index in [2.05, 4.69) is 51.0 Å². The minimum atomic E-state index is -2.84. The predicted molar refractivity (Wildman–Crippen MR) is 118 cm³/mol. The highest BCUT2D eigenvalue weighted by Crippen LogP contribution is 2.40. The van der Waals surface area contributed by atoms with Gasteiger partial charge in [-0.15, -0.1) is 11.3 Å². The molecule has 4 heterocycles. The molecule has 2 saturated heterocycles. The van der Waals surface area contributed by atoms with Crippen LogP contribution >= 0.6 is 11.3 Å². The molecule has 2 aromatic heterocycles. The van der Waals surface area contributed by atoms with Crippen molar-refractivity contribution >= 4 is 37.2 Å². The lowest BCUT2D eigenvalue weighted by Gasteiger charge is -2.38. The molecular weight excluding hydrogens is 404 g/mol. The fourth-order valence-electron chi connectivity index (χ4n) is 4.52. The van der Waals surface area contributed by atoms with Crippen molar-refractivity contribution in [3.63, 3.8) is 0 Å². The van der Waals surface area contributed by atoms with E-state index < -0.39 is 9.84 Å². The molecule has 29 heavy (non-hydrogen) atoms. The zero-order valence-electron chi connectivity index (χ0n) is 16.4. The Bertz CT molecular complexity index is 1140. The molecule has 0 aliphatic carbocycles. The fraction of sp³-hybridized carbons (Fsp3) is 0.429. The average molecular weight is 429 g/mol. The van der Waals surface area contributed by atoms with Crippen molar-refractivity contribution in [2.24, 2.45) is 0 Å². The first-order valence-corrected chi connectivity index (χ1v) is 12.6. The maximum absolute atomic E-state index is 11.8. The highest BCUT2D eigenvalue weighted by Gasteiger charge is 2.34. The Morgan fingerprint density at radius 3 is 2.52 bits per heavy atom. The van der Waals surface area contributed by atoms with Gasteiger partial charge in [0.25, 0.3) is 0 Å². The first-order chi connectivity index (χ1) is 14.0. The van der Waals surface area contributed by atoms with Gasteiger partial charge in [0.2, 0.25) is 0 Å². The number of fused-ring (bicyclic) bond motifs is 1. The molecule has 152 valence electrons. The molecule has 0 bridgehead atoms. The number of piperazine rings is 1. The topological polar surface area (TPSA) is 66.4 Å². The van der Waals surface area contributed by atoms with Gasteiger partial charge in [0.05, 0.1) is 16.9 Å². The lowest BCUT2D eigenvalue weighted by atomic mass is 10.1. The molecule has 5 rings (SSSR count). The quantitative estimate of drug-likeness (QED) is 0.639. The summed E-state index contributed by atoms with van der Waals surface area (Å²) in [5.74, 6) is 1.65. The molecule has 0 N–H and O–H groups in total. The monoisotopic (exact) mass is 428 g/mol. The van der Waals surface area contributed by atoms with Crippen molar-refractivity contribution < 1.29 is 8.42 Å². The third-order valence-corrected chi connectivity index (χ3v) is 9.08. The minimum Gasteiger partial charge on any atom is -0.353 e. The van der Waals surface area contributed by atoms with Crippen LogP contribution in [0.2, 0.25) is 0 Å². The molecule has 2 aliphatic rings. The Balaban J connectivity index is 1.41. The van der Waals surface area contributed by atoms with E-state index in [0.717, 1.165) is 48.6 Å². The molecule has 0 radical (unpaired) electrons. The maximum Gasteiger partial charge on any atom is 0.151 e. The standard InChI is InChI=1S/C21H24N4O2S2/c1-15-18-20(22-14-23-21(18)28-19(15)16-5-3-2-4-6-16)25-10-8-24(9-11-25)17-7-12-29(26,27)13-17/h2-6,14,17H,7-13H2,1H3. The van der Waals surface area contributed by atoms with E-state index in [1.807, 2.05) is 6.07 Å². The summed E-state index contributed by atoms with van der Waals surface area (Å²) in [5.41, 5.74) is 2.45. The number of hydrogen-bond acceptors (Lipinski definition) is 7. The number of thiophene rings is 1. The van der Waals surface area contributed by atoms with Gasteiger partial charge in [-0.2, -0.15) is 0 Å². The second-order valence-electron chi connectivity index (χ2n) is 7.88. The summed E-state index contributed by atoms with van der Waals surface area (Å²) in [6.45, 7) is 5.63. The summed E-state index contributed by atoms with van der Waals surface area (Å²) < 4.78 is 23.6. The van der Waals surface area contributed by atoms with Crippen molar-refractivity contribution in [3.05, 3.63) is 42.2 Å². The Morgan fingerprint density at radius 1 is 1.07 bits per heavy atom. The van der Waals surface area contributed by atoms with E-state index >= 15 is 0 Å². The molecule has 2 fully saturated rings. The summed E-state index contributed by atoms with van der Waals surface area (Å²) in [5, 5.41) is 1.15. The highest BCUT2D eigenvalue weighted by molar-refractivity contribution is 7.91. The molecule has 1 aromatic carbocycles. The van der Waals surface area contributed by atoms with Gasteiger partial charge in [-0.05, 0) is 24.5 Å². The lowest BCUT2D eigenvalue weighted by molar-refractivity contribution is 0.200. The molecular formula is C21H24N4O2S2. The van der Waals surface area contributed by atoms with Gasteiger partial charge in [-0.3, -0.25) is 4.90 Å². The molecule has 0 spiro atoms. The number of hydrogen-bond donors (Lipinski definition) is 0. The van der Waals surface area contributed by atoms with E-state index in [9.17, 15) is 8.42 Å². The van der Waals surface area contributed by atoms with Crippen LogP contribution in [0.25, 0.3) is 20.7 Å². The van der Waals surface area contributed by atoms with Gasteiger partial charge >= 0.3 is 0 Å². The summed E-state index contributed by atoms with van der Waals surface area (Å²) in [4.78, 5) is 16.1. The van der Waals surface area contributed by atoms with Gasteiger partial charge in [-0.1, -0.05) is 30.3 Å². The van der Waals surface area contributed by atoms with Crippen LogP contribution in [0.4, 0.5) is 5.82 Å². The first kappa shape index (κ1) is 19.0. The molecule has 3 aromatic rings. The fourth-order valence-corrected chi connectivity index (χ4v) is 7.43. The van der Waals surface area contributed by atoms with Gasteiger partial charge in [0.15, 0.2) is 9.84 Å². The normalized spacial score (nSPS) is 22.4. The van der Waals surface area contributed by atoms with Crippen molar-refractivity contribution in [1.82, 2.24) is 14.9 Å². The summed E-state index contributed by atoms with van der Waals surface area (Å²) in [7, 11) is -2.84. The SMILES string of the molecule is Cc1c(-c2ccccc2)sc2ncnc(N3CCN(C4CCS(=O)(=O)C4)CC3)c12. The van der Waals surface area contributed by atoms with Gasteiger partial charge in [-0.25, -0.2) is 18.4 Å². The number of aryl methyl sites for hydroxylation is 1. The second-order valence-corrected chi connectivity index (χ2v) is 11.1. The van der Waals surface area contributed by atoms with Gasteiger partial charge in [0.1, 0.15) is 17.0 Å². The Hall–Kier alpha value is -2.03. The van der Waals surface area contributed by atoms with Crippen molar-refractivity contribution in [1.29, 1.82) is 0 Å². The number of anilines is 1. The molecule has 6 nitrogen and oxygen atoms in total. The van der Waals surface area contributed by atoms with E-state index in [4.69, 9.17) is 0 Å². The van der Waals surface area contributed by atoms with E-state index in [1.54, 1.807) is 17.7 Å². The lowest BCUT2D eigenvalue weighted by Crippen LogP contribution is -2.51. The number of nitrogens with zero attached hydrogens (tertiary/aromatic N) is 4. The molecule has 0 saturated carbocycles. The highest BCUT2D eigenvalue weighted by atomic mass is 32.2. The van der Waals surface area contributed by atoms with Crippen LogP contribution in [0.15, 0.2) is 36.7 Å². The van der Waals surface area contributed by atoms with Crippen molar-refractivity contribution in [2.75, 3.05) is 42.6 Å². The Labute approximate surface area is 175 Å². The Morgan fingerprint density at radius 2 is 1.83 bits per heavy atom. The van der Waals surface area contributed by atoms with Crippen LogP contribution in [0.1, 0.15) is 12.0 Å². The smallest absolute Gasteiger partial charge is 0.151 e. The minimum absolute atomic E-state index is 0.181. The average Bonchev–Trinajstić information content (AvgIpc) is 3.28. The molecule has 1 unspecified atom stereocenters. The van der Waals surface area contributed by atoms with Crippen LogP contribution in [0.3, 0.4) is 0 Å². The van der Waals surface area contributed by atoms with Gasteiger partial charge in [0, 0.05) is 37.1 Å². The zero-order valence-corrected chi connectivity index (χ0v) is 18.0. The van der Waals surface area contributed by atoms with Crippen molar-refractivity contribution in [3.8, 4) is 10.4 Å². The summed E-state index contributed by atoms with van der Waals surface area (Å²) >= 11 is 1.72. The Kier molecular flexibility index (Phi) is 4.80. The largest absolute Gasteiger partial charge is 0.353 e. The number of rotatable bonds is 3. The number of benzene rings is 1. The summed E-state index contributed by atoms with van der Waals surface area (Å²) in [6.07, 6.45) is 2.43. The number of sulfone groups is 1. The van der Waals surface area contributed by atoms with Crippen LogP contribution in [0, 0.1) is 6.92 Å². The predicted octanol–water partition coefficient (Wildman–Crippen LogP) is 2.98. The van der Waals surface area contributed by atoms with Crippen LogP contribution in [-0.4, -0.2) is 67.0 Å². The van der Waals surface area contributed by atoms with Crippen molar-refractivity contribution in [2.45, 2.75) is 19.4 Å². The van der Waals surface area contributed by atoms with Crippen LogP contribution < -0.4 is 4.90 Å².